The van der Waals surface area contributed by atoms with Crippen LogP contribution in [0, 0.1) is 0 Å². The average Bonchev–Trinajstić information content (AvgIpc) is 3.08. The molecular weight excluding hydrogens is 434 g/mol. The van der Waals surface area contributed by atoms with Crippen molar-refractivity contribution in [3.05, 3.63) is 64.4 Å². The second-order valence-electron chi connectivity index (χ2n) is 7.57. The second kappa shape index (κ2) is 9.68. The smallest absolute Gasteiger partial charge is 0.295 e. The lowest BCUT2D eigenvalue weighted by molar-refractivity contribution is -0.140. The number of hydrogen-bond acceptors (Lipinski definition) is 7. The highest BCUT2D eigenvalue weighted by atomic mass is 35.5. The maximum absolute atomic E-state index is 13.1. The number of aliphatic hydroxyl groups is 1. The predicted molar refractivity (Wildman–Crippen MR) is 119 cm³/mol. The number of pyridine rings is 1. The van der Waals surface area contributed by atoms with Crippen LogP contribution < -0.4 is 4.74 Å². The van der Waals surface area contributed by atoms with Gasteiger partial charge in [-0.25, -0.2) is 0 Å². The molecule has 0 aliphatic carbocycles. The Morgan fingerprint density at radius 2 is 1.91 bits per heavy atom. The fourth-order valence-corrected chi connectivity index (χ4v) is 4.26. The molecule has 0 spiro atoms. The zero-order valence-electron chi connectivity index (χ0n) is 17.7. The third-order valence-corrected chi connectivity index (χ3v) is 5.97. The Morgan fingerprint density at radius 1 is 1.19 bits per heavy atom. The molecule has 1 amide bonds. The summed E-state index contributed by atoms with van der Waals surface area (Å²) in [6.07, 6.45) is 3.19. The summed E-state index contributed by atoms with van der Waals surface area (Å²) in [5, 5.41) is 11.6. The molecule has 8 nitrogen and oxygen atoms in total. The van der Waals surface area contributed by atoms with Gasteiger partial charge >= 0.3 is 0 Å². The van der Waals surface area contributed by atoms with Crippen LogP contribution in [0.5, 0.6) is 5.75 Å². The number of carbonyl (C=O) groups excluding carboxylic acids is 2. The van der Waals surface area contributed by atoms with Gasteiger partial charge in [0, 0.05) is 43.6 Å². The largest absolute Gasteiger partial charge is 0.507 e. The number of carbonyl (C=O) groups is 2. The number of methoxy groups -OCH3 is 1. The summed E-state index contributed by atoms with van der Waals surface area (Å²) in [7, 11) is 1.46. The Balaban J connectivity index is 1.76. The van der Waals surface area contributed by atoms with E-state index in [1.165, 1.54) is 18.1 Å². The fraction of sp³-hybridized carbons (Fsp3) is 0.348. The summed E-state index contributed by atoms with van der Waals surface area (Å²) in [6.45, 7) is 3.75. The first-order valence-corrected chi connectivity index (χ1v) is 10.7. The molecule has 1 atom stereocenters. The van der Waals surface area contributed by atoms with Crippen molar-refractivity contribution in [2.45, 2.75) is 6.04 Å². The molecule has 1 aromatic heterocycles. The van der Waals surface area contributed by atoms with Crippen LogP contribution in [0.2, 0.25) is 5.02 Å². The zero-order chi connectivity index (χ0) is 22.7. The molecule has 2 aliphatic rings. The maximum atomic E-state index is 13.1. The van der Waals surface area contributed by atoms with Gasteiger partial charge in [0.1, 0.15) is 11.5 Å². The molecule has 3 heterocycles. The van der Waals surface area contributed by atoms with E-state index in [0.717, 1.165) is 13.1 Å². The second-order valence-corrected chi connectivity index (χ2v) is 8.01. The van der Waals surface area contributed by atoms with E-state index in [-0.39, 0.29) is 16.9 Å². The number of benzene rings is 1. The maximum Gasteiger partial charge on any atom is 0.295 e. The summed E-state index contributed by atoms with van der Waals surface area (Å²) in [5.41, 5.74) is 0.942. The van der Waals surface area contributed by atoms with Crippen LogP contribution in [0.3, 0.4) is 0 Å². The van der Waals surface area contributed by atoms with Crippen molar-refractivity contribution in [2.24, 2.45) is 0 Å². The molecule has 0 bridgehead atoms. The molecule has 2 aliphatic heterocycles. The van der Waals surface area contributed by atoms with Crippen molar-refractivity contribution >= 4 is 29.1 Å². The molecule has 1 N–H and O–H groups in total. The average molecular weight is 458 g/mol. The minimum absolute atomic E-state index is 0.00347. The van der Waals surface area contributed by atoms with Crippen molar-refractivity contribution in [3.8, 4) is 5.75 Å². The lowest BCUT2D eigenvalue weighted by Crippen LogP contribution is -2.42. The summed E-state index contributed by atoms with van der Waals surface area (Å²) in [4.78, 5) is 33.9. The molecule has 2 fully saturated rings. The highest BCUT2D eigenvalue weighted by Crippen LogP contribution is 2.41. The molecule has 1 aromatic carbocycles. The van der Waals surface area contributed by atoms with Crippen LogP contribution in [-0.2, 0) is 14.3 Å². The van der Waals surface area contributed by atoms with E-state index in [2.05, 4.69) is 9.88 Å². The molecule has 2 aromatic rings. The number of morpholine rings is 1. The van der Waals surface area contributed by atoms with Gasteiger partial charge in [0.15, 0.2) is 0 Å². The lowest BCUT2D eigenvalue weighted by Gasteiger charge is -2.31. The Bertz CT molecular complexity index is 1040. The van der Waals surface area contributed by atoms with Crippen molar-refractivity contribution in [1.29, 1.82) is 0 Å². The first kappa shape index (κ1) is 22.3. The van der Waals surface area contributed by atoms with Gasteiger partial charge in [-0.1, -0.05) is 11.6 Å². The summed E-state index contributed by atoms with van der Waals surface area (Å²) >= 11 is 6.13. The number of rotatable bonds is 6. The van der Waals surface area contributed by atoms with Gasteiger partial charge < -0.3 is 19.5 Å². The van der Waals surface area contributed by atoms with Gasteiger partial charge in [0.05, 0.1) is 37.5 Å². The number of likely N-dealkylation sites (tertiary alicyclic amines) is 1. The number of aromatic nitrogens is 1. The summed E-state index contributed by atoms with van der Waals surface area (Å²) in [6, 6.07) is 7.47. The van der Waals surface area contributed by atoms with Crippen molar-refractivity contribution in [1.82, 2.24) is 14.8 Å². The quantitative estimate of drug-likeness (QED) is 0.404. The molecule has 0 saturated carbocycles. The van der Waals surface area contributed by atoms with E-state index >= 15 is 0 Å². The number of nitrogens with zero attached hydrogens (tertiary/aromatic N) is 3. The number of ether oxygens (including phenoxy) is 2. The number of aliphatic hydroxyl groups excluding tert-OH is 1. The Hall–Kier alpha value is -2.94. The van der Waals surface area contributed by atoms with Crippen LogP contribution in [0.1, 0.15) is 17.2 Å². The number of halogens is 1. The van der Waals surface area contributed by atoms with Gasteiger partial charge in [-0.05, 0) is 35.9 Å². The van der Waals surface area contributed by atoms with Crippen LogP contribution in [0.4, 0.5) is 0 Å². The predicted octanol–water partition coefficient (Wildman–Crippen LogP) is 2.50. The molecular formula is C23H24ClN3O5. The Morgan fingerprint density at radius 3 is 2.59 bits per heavy atom. The van der Waals surface area contributed by atoms with Crippen LogP contribution in [0.25, 0.3) is 5.76 Å². The van der Waals surface area contributed by atoms with E-state index in [9.17, 15) is 14.7 Å². The normalized spacial score (nSPS) is 21.2. The Labute approximate surface area is 191 Å². The van der Waals surface area contributed by atoms with E-state index in [1.807, 2.05) is 0 Å². The number of hydrogen-bond donors (Lipinski definition) is 1. The first-order valence-electron chi connectivity index (χ1n) is 10.3. The Kier molecular flexibility index (Phi) is 6.74. The minimum Gasteiger partial charge on any atom is -0.507 e. The van der Waals surface area contributed by atoms with Crippen molar-refractivity contribution in [2.75, 3.05) is 46.5 Å². The van der Waals surface area contributed by atoms with Gasteiger partial charge in [0.2, 0.25) is 0 Å². The minimum atomic E-state index is -0.747. The zero-order valence-corrected chi connectivity index (χ0v) is 18.4. The monoisotopic (exact) mass is 457 g/mol. The molecule has 0 radical (unpaired) electrons. The summed E-state index contributed by atoms with van der Waals surface area (Å²) < 4.78 is 10.7. The van der Waals surface area contributed by atoms with Crippen LogP contribution in [0.15, 0.2) is 48.3 Å². The number of ketones is 1. The van der Waals surface area contributed by atoms with Crippen molar-refractivity contribution < 1.29 is 24.2 Å². The topological polar surface area (TPSA) is 92.2 Å². The van der Waals surface area contributed by atoms with E-state index in [1.54, 1.807) is 36.7 Å². The van der Waals surface area contributed by atoms with Gasteiger partial charge in [-0.2, -0.15) is 0 Å². The number of amides is 1. The molecule has 9 heteroatoms. The highest BCUT2D eigenvalue weighted by molar-refractivity contribution is 6.46. The van der Waals surface area contributed by atoms with E-state index in [0.29, 0.717) is 42.6 Å². The lowest BCUT2D eigenvalue weighted by atomic mass is 9.95. The SMILES string of the molecule is COc1ccc(Cl)cc1C(O)=C1C(=O)C(=O)N(CCN2CCOCC2)[C@@H]1c1ccncc1. The first-order chi connectivity index (χ1) is 15.5. The van der Waals surface area contributed by atoms with Gasteiger partial charge in [-0.15, -0.1) is 0 Å². The molecule has 32 heavy (non-hydrogen) atoms. The molecule has 168 valence electrons. The van der Waals surface area contributed by atoms with Crippen LogP contribution in [-0.4, -0.2) is 78.1 Å². The van der Waals surface area contributed by atoms with Crippen molar-refractivity contribution in [3.63, 3.8) is 0 Å². The van der Waals surface area contributed by atoms with E-state index in [4.69, 9.17) is 21.1 Å². The van der Waals surface area contributed by atoms with Crippen LogP contribution >= 0.6 is 11.6 Å². The third-order valence-electron chi connectivity index (χ3n) is 5.74. The molecule has 2 saturated heterocycles. The third kappa shape index (κ3) is 4.34. The summed E-state index contributed by atoms with van der Waals surface area (Å²) in [5.74, 6) is -1.37. The van der Waals surface area contributed by atoms with Gasteiger partial charge in [-0.3, -0.25) is 19.5 Å². The van der Waals surface area contributed by atoms with E-state index < -0.39 is 17.7 Å². The molecule has 0 unspecified atom stereocenters. The standard InChI is InChI=1S/C23H24ClN3O5/c1-31-18-3-2-16(24)14-17(18)21(28)19-20(15-4-6-25-7-5-15)27(23(30)22(19)29)9-8-26-10-12-32-13-11-26/h2-7,14,20,28H,8-13H2,1H3/t20-/m1/s1. The van der Waals surface area contributed by atoms with Gasteiger partial charge in [0.25, 0.3) is 11.7 Å². The fourth-order valence-electron chi connectivity index (χ4n) is 4.09. The highest BCUT2D eigenvalue weighted by Gasteiger charge is 2.46. The molecule has 4 rings (SSSR count). The number of Topliss-reactive ketones (excluding diaryl/α,β-unsaturated/α-hetero) is 1.